The summed E-state index contributed by atoms with van der Waals surface area (Å²) in [6, 6.07) is 15.5. The van der Waals surface area contributed by atoms with Crippen molar-refractivity contribution in [2.24, 2.45) is 5.10 Å². The molecule has 2 aromatic heterocycles. The second kappa shape index (κ2) is 9.55. The molecule has 0 aliphatic carbocycles. The SMILES string of the molecule is CNC(=O)c1ccc(CN(C)CC(=O)N2N=C(c3cccs3)C[C@H]2c2cccs2)cc1. The Bertz CT molecular complexity index is 1060. The molecule has 1 aliphatic rings. The summed E-state index contributed by atoms with van der Waals surface area (Å²) in [5.74, 6) is -0.127. The standard InChI is InChI=1S/C23H24N4O2S2/c1-24-23(29)17-9-7-16(8-10-17)14-26(2)15-22(28)27-19(21-6-4-12-31-21)13-18(25-27)20-5-3-11-30-20/h3-12,19H,13-15H2,1-2H3,(H,24,29)/t19-/m0/s1. The Balaban J connectivity index is 1.44. The van der Waals surface area contributed by atoms with E-state index in [1.54, 1.807) is 46.9 Å². The summed E-state index contributed by atoms with van der Waals surface area (Å²) >= 11 is 3.31. The van der Waals surface area contributed by atoms with Crippen LogP contribution in [0.2, 0.25) is 0 Å². The maximum absolute atomic E-state index is 13.2. The van der Waals surface area contributed by atoms with E-state index in [0.29, 0.717) is 12.1 Å². The molecule has 1 aliphatic heterocycles. The Morgan fingerprint density at radius 1 is 1.13 bits per heavy atom. The summed E-state index contributed by atoms with van der Waals surface area (Å²) in [5, 5.41) is 13.1. The van der Waals surface area contributed by atoms with E-state index in [4.69, 9.17) is 5.10 Å². The number of carbonyl (C=O) groups excluding carboxylic acids is 2. The first-order chi connectivity index (χ1) is 15.0. The van der Waals surface area contributed by atoms with E-state index in [1.807, 2.05) is 47.0 Å². The molecule has 2 amide bonds. The molecule has 0 bridgehead atoms. The molecule has 3 aromatic rings. The van der Waals surface area contributed by atoms with Crippen molar-refractivity contribution in [1.82, 2.24) is 15.2 Å². The van der Waals surface area contributed by atoms with Gasteiger partial charge in [0.1, 0.15) is 0 Å². The largest absolute Gasteiger partial charge is 0.355 e. The van der Waals surface area contributed by atoms with Gasteiger partial charge in [-0.25, -0.2) is 5.01 Å². The molecule has 0 unspecified atom stereocenters. The van der Waals surface area contributed by atoms with E-state index in [9.17, 15) is 9.59 Å². The van der Waals surface area contributed by atoms with Crippen molar-refractivity contribution in [2.75, 3.05) is 20.6 Å². The topological polar surface area (TPSA) is 65.0 Å². The van der Waals surface area contributed by atoms with Crippen molar-refractivity contribution in [3.8, 4) is 0 Å². The van der Waals surface area contributed by atoms with Crippen molar-refractivity contribution in [2.45, 2.75) is 19.0 Å². The number of amides is 2. The summed E-state index contributed by atoms with van der Waals surface area (Å²) in [5.41, 5.74) is 2.63. The molecule has 0 spiro atoms. The highest BCUT2D eigenvalue weighted by Crippen LogP contribution is 2.36. The van der Waals surface area contributed by atoms with Crippen molar-refractivity contribution < 1.29 is 9.59 Å². The van der Waals surface area contributed by atoms with Gasteiger partial charge in [-0.15, -0.1) is 22.7 Å². The van der Waals surface area contributed by atoms with E-state index in [-0.39, 0.29) is 24.4 Å². The van der Waals surface area contributed by atoms with Crippen LogP contribution in [0.15, 0.2) is 64.4 Å². The lowest BCUT2D eigenvalue weighted by Crippen LogP contribution is -2.36. The van der Waals surface area contributed by atoms with E-state index in [2.05, 4.69) is 17.4 Å². The lowest BCUT2D eigenvalue weighted by molar-refractivity contribution is -0.134. The summed E-state index contributed by atoms with van der Waals surface area (Å²) in [6.45, 7) is 0.874. The fraction of sp³-hybridized carbons (Fsp3) is 0.261. The van der Waals surface area contributed by atoms with Gasteiger partial charge in [0.2, 0.25) is 0 Å². The lowest BCUT2D eigenvalue weighted by atomic mass is 10.1. The molecule has 1 N–H and O–H groups in total. The van der Waals surface area contributed by atoms with Gasteiger partial charge in [0.15, 0.2) is 0 Å². The number of carbonyl (C=O) groups is 2. The van der Waals surface area contributed by atoms with Gasteiger partial charge < -0.3 is 5.32 Å². The lowest BCUT2D eigenvalue weighted by Gasteiger charge is -2.24. The molecule has 0 saturated carbocycles. The maximum Gasteiger partial charge on any atom is 0.257 e. The molecule has 3 heterocycles. The number of likely N-dealkylation sites (N-methyl/N-ethyl adjacent to an activating group) is 1. The summed E-state index contributed by atoms with van der Waals surface area (Å²) in [4.78, 5) is 29.1. The number of rotatable bonds is 7. The van der Waals surface area contributed by atoms with Crippen LogP contribution >= 0.6 is 22.7 Å². The van der Waals surface area contributed by atoms with Gasteiger partial charge in [-0.2, -0.15) is 5.10 Å². The van der Waals surface area contributed by atoms with Gasteiger partial charge in [-0.3, -0.25) is 14.5 Å². The highest BCUT2D eigenvalue weighted by molar-refractivity contribution is 7.12. The Morgan fingerprint density at radius 2 is 1.87 bits per heavy atom. The molecule has 1 atom stereocenters. The zero-order valence-corrected chi connectivity index (χ0v) is 19.1. The second-order valence-electron chi connectivity index (χ2n) is 7.45. The van der Waals surface area contributed by atoms with Crippen molar-refractivity contribution >= 4 is 40.2 Å². The van der Waals surface area contributed by atoms with Gasteiger partial charge in [0.25, 0.3) is 11.8 Å². The van der Waals surface area contributed by atoms with Crippen LogP contribution in [0.25, 0.3) is 0 Å². The monoisotopic (exact) mass is 452 g/mol. The highest BCUT2D eigenvalue weighted by atomic mass is 32.1. The zero-order chi connectivity index (χ0) is 21.8. The fourth-order valence-electron chi connectivity index (χ4n) is 3.61. The molecule has 0 radical (unpaired) electrons. The molecular formula is C23H24N4O2S2. The van der Waals surface area contributed by atoms with E-state index >= 15 is 0 Å². The Morgan fingerprint density at radius 3 is 2.52 bits per heavy atom. The normalized spacial score (nSPS) is 15.9. The third kappa shape index (κ3) is 4.92. The third-order valence-electron chi connectivity index (χ3n) is 5.14. The summed E-state index contributed by atoms with van der Waals surface area (Å²) in [6.07, 6.45) is 0.734. The number of hydrogen-bond acceptors (Lipinski definition) is 6. The molecule has 0 fully saturated rings. The van der Waals surface area contributed by atoms with E-state index in [1.165, 1.54) is 0 Å². The van der Waals surface area contributed by atoms with Crippen LogP contribution in [0, 0.1) is 0 Å². The number of nitrogens with one attached hydrogen (secondary N) is 1. The average molecular weight is 453 g/mol. The quantitative estimate of drug-likeness (QED) is 0.590. The number of hydrogen-bond donors (Lipinski definition) is 1. The van der Waals surface area contributed by atoms with Crippen molar-refractivity contribution in [3.05, 3.63) is 80.2 Å². The summed E-state index contributed by atoms with van der Waals surface area (Å²) < 4.78 is 0. The molecule has 0 saturated heterocycles. The van der Waals surface area contributed by atoms with Crippen LogP contribution in [-0.4, -0.2) is 48.1 Å². The fourth-order valence-corrected chi connectivity index (χ4v) is 5.14. The Labute approximate surface area is 189 Å². The number of benzene rings is 1. The average Bonchev–Trinajstić information content (AvgIpc) is 3.54. The van der Waals surface area contributed by atoms with Gasteiger partial charge in [0.05, 0.1) is 23.2 Å². The van der Waals surface area contributed by atoms with Crippen LogP contribution in [0.1, 0.15) is 38.1 Å². The molecule has 6 nitrogen and oxygen atoms in total. The predicted octanol–water partition coefficient (Wildman–Crippen LogP) is 3.98. The Hall–Kier alpha value is -2.81. The third-order valence-corrected chi connectivity index (χ3v) is 7.04. The van der Waals surface area contributed by atoms with Crippen LogP contribution in [0.5, 0.6) is 0 Å². The van der Waals surface area contributed by atoms with Crippen LogP contribution < -0.4 is 5.32 Å². The molecule has 160 valence electrons. The smallest absolute Gasteiger partial charge is 0.257 e. The summed E-state index contributed by atoms with van der Waals surface area (Å²) in [7, 11) is 3.54. The van der Waals surface area contributed by atoms with Gasteiger partial charge in [-0.1, -0.05) is 24.3 Å². The van der Waals surface area contributed by atoms with Gasteiger partial charge >= 0.3 is 0 Å². The number of thiophene rings is 2. The maximum atomic E-state index is 13.2. The van der Waals surface area contributed by atoms with Gasteiger partial charge in [-0.05, 0) is 47.6 Å². The Kier molecular flexibility index (Phi) is 6.60. The molecule has 1 aromatic carbocycles. The molecular weight excluding hydrogens is 428 g/mol. The van der Waals surface area contributed by atoms with E-state index in [0.717, 1.165) is 27.5 Å². The van der Waals surface area contributed by atoms with Crippen LogP contribution in [0.4, 0.5) is 0 Å². The van der Waals surface area contributed by atoms with Crippen LogP contribution in [0.3, 0.4) is 0 Å². The van der Waals surface area contributed by atoms with Crippen molar-refractivity contribution in [1.29, 1.82) is 0 Å². The number of hydrazone groups is 1. The first-order valence-electron chi connectivity index (χ1n) is 10.0. The minimum atomic E-state index is -0.108. The first kappa shape index (κ1) is 21.4. The van der Waals surface area contributed by atoms with Gasteiger partial charge in [0, 0.05) is 30.5 Å². The second-order valence-corrected chi connectivity index (χ2v) is 9.37. The zero-order valence-electron chi connectivity index (χ0n) is 17.4. The number of nitrogens with zero attached hydrogens (tertiary/aromatic N) is 3. The molecule has 31 heavy (non-hydrogen) atoms. The minimum Gasteiger partial charge on any atom is -0.355 e. The predicted molar refractivity (Wildman–Crippen MR) is 126 cm³/mol. The van der Waals surface area contributed by atoms with E-state index < -0.39 is 0 Å². The highest BCUT2D eigenvalue weighted by Gasteiger charge is 2.34. The first-order valence-corrected chi connectivity index (χ1v) is 11.8. The molecule has 8 heteroatoms. The van der Waals surface area contributed by atoms with Crippen molar-refractivity contribution in [3.63, 3.8) is 0 Å². The molecule has 4 rings (SSSR count). The minimum absolute atomic E-state index is 0.0190. The van der Waals surface area contributed by atoms with Crippen LogP contribution in [-0.2, 0) is 11.3 Å².